The zero-order valence-corrected chi connectivity index (χ0v) is 13.5. The van der Waals surface area contributed by atoms with Gasteiger partial charge in [0.1, 0.15) is 5.82 Å². The van der Waals surface area contributed by atoms with Crippen LogP contribution in [0.1, 0.15) is 12.1 Å². The summed E-state index contributed by atoms with van der Waals surface area (Å²) in [4.78, 5) is 26.5. The van der Waals surface area contributed by atoms with Crippen molar-refractivity contribution in [2.45, 2.75) is 13.0 Å². The Labute approximate surface area is 144 Å². The van der Waals surface area contributed by atoms with Crippen molar-refractivity contribution in [2.75, 3.05) is 18.0 Å². The van der Waals surface area contributed by atoms with Gasteiger partial charge in [-0.3, -0.25) is 4.98 Å². The number of anilines is 1. The summed E-state index contributed by atoms with van der Waals surface area (Å²) in [5, 5.41) is 11.9. The first-order valence-electron chi connectivity index (χ1n) is 8.14. The number of hydrogen-bond donors (Lipinski definition) is 2. The fraction of sp³-hybridized carbons (Fsp3) is 0.222. The maximum atomic E-state index is 10.6. The number of nitrogens with zero attached hydrogens (tertiary/aromatic N) is 4. The van der Waals surface area contributed by atoms with Gasteiger partial charge in [0.2, 0.25) is 0 Å². The molecule has 4 heterocycles. The van der Waals surface area contributed by atoms with Crippen LogP contribution in [0.25, 0.3) is 22.3 Å². The maximum Gasteiger partial charge on any atom is 0.404 e. The fourth-order valence-corrected chi connectivity index (χ4v) is 2.75. The van der Waals surface area contributed by atoms with E-state index in [1.807, 2.05) is 30.3 Å². The lowest BCUT2D eigenvalue weighted by Crippen LogP contribution is -2.37. The van der Waals surface area contributed by atoms with Crippen molar-refractivity contribution in [2.24, 2.45) is 0 Å². The minimum Gasteiger partial charge on any atom is -0.465 e. The molecule has 2 N–H and O–H groups in total. The molecule has 0 bridgehead atoms. The van der Waals surface area contributed by atoms with E-state index in [-0.39, 0.29) is 6.54 Å². The van der Waals surface area contributed by atoms with Crippen LogP contribution in [0.3, 0.4) is 0 Å². The van der Waals surface area contributed by atoms with E-state index in [0.717, 1.165) is 41.2 Å². The van der Waals surface area contributed by atoms with Crippen molar-refractivity contribution >= 4 is 22.8 Å². The van der Waals surface area contributed by atoms with E-state index in [2.05, 4.69) is 20.2 Å². The van der Waals surface area contributed by atoms with Gasteiger partial charge in [-0.05, 0) is 36.8 Å². The van der Waals surface area contributed by atoms with E-state index < -0.39 is 6.09 Å². The Kier molecular flexibility index (Phi) is 3.89. The molecule has 0 spiro atoms. The zero-order valence-electron chi connectivity index (χ0n) is 13.5. The first-order chi connectivity index (χ1) is 12.2. The van der Waals surface area contributed by atoms with Crippen LogP contribution in [-0.4, -0.2) is 39.2 Å². The molecule has 1 aliphatic heterocycles. The summed E-state index contributed by atoms with van der Waals surface area (Å²) in [6.45, 7) is 2.25. The van der Waals surface area contributed by atoms with Gasteiger partial charge in [0.15, 0.2) is 0 Å². The molecule has 4 rings (SSSR count). The molecule has 1 fully saturated rings. The number of amides is 1. The highest BCUT2D eigenvalue weighted by atomic mass is 16.4. The topological polar surface area (TPSA) is 91.2 Å². The van der Waals surface area contributed by atoms with E-state index in [1.165, 1.54) is 6.42 Å². The third-order valence-electron chi connectivity index (χ3n) is 4.23. The van der Waals surface area contributed by atoms with Crippen LogP contribution in [0.15, 0.2) is 42.6 Å². The van der Waals surface area contributed by atoms with Gasteiger partial charge in [-0.15, -0.1) is 0 Å². The Hall–Kier alpha value is -3.22. The molecule has 7 heteroatoms. The Bertz CT molecular complexity index is 940. The van der Waals surface area contributed by atoms with Crippen molar-refractivity contribution in [3.05, 3.63) is 48.3 Å². The Balaban J connectivity index is 1.66. The van der Waals surface area contributed by atoms with Gasteiger partial charge < -0.3 is 15.3 Å². The monoisotopic (exact) mass is 335 g/mol. The highest BCUT2D eigenvalue weighted by molar-refractivity contribution is 5.80. The fourth-order valence-electron chi connectivity index (χ4n) is 2.75. The van der Waals surface area contributed by atoms with Gasteiger partial charge in [0.05, 0.1) is 29.1 Å². The summed E-state index contributed by atoms with van der Waals surface area (Å²) in [6.07, 6.45) is 1.84. The summed E-state index contributed by atoms with van der Waals surface area (Å²) < 4.78 is 0. The van der Waals surface area contributed by atoms with Crippen molar-refractivity contribution in [3.8, 4) is 11.4 Å². The van der Waals surface area contributed by atoms with Crippen LogP contribution in [0, 0.1) is 0 Å². The van der Waals surface area contributed by atoms with Gasteiger partial charge in [-0.1, -0.05) is 6.07 Å². The highest BCUT2D eigenvalue weighted by Crippen LogP contribution is 2.24. The minimum absolute atomic E-state index is 0.153. The predicted molar refractivity (Wildman–Crippen MR) is 94.5 cm³/mol. The molecule has 3 aromatic heterocycles. The van der Waals surface area contributed by atoms with E-state index in [1.54, 1.807) is 12.3 Å². The molecule has 0 atom stereocenters. The average molecular weight is 335 g/mol. The molecule has 7 nitrogen and oxygen atoms in total. The molecule has 25 heavy (non-hydrogen) atoms. The number of nitrogens with one attached hydrogen (secondary N) is 1. The molecule has 1 amide bonds. The van der Waals surface area contributed by atoms with Crippen LogP contribution in [0.2, 0.25) is 0 Å². The van der Waals surface area contributed by atoms with E-state index >= 15 is 0 Å². The number of carbonyl (C=O) groups is 1. The van der Waals surface area contributed by atoms with Crippen LogP contribution < -0.4 is 10.2 Å². The smallest absolute Gasteiger partial charge is 0.404 e. The Morgan fingerprint density at radius 2 is 2.00 bits per heavy atom. The molecule has 0 aliphatic carbocycles. The molecule has 3 aromatic rings. The molecule has 126 valence electrons. The van der Waals surface area contributed by atoms with Crippen molar-refractivity contribution in [1.29, 1.82) is 0 Å². The van der Waals surface area contributed by atoms with Crippen molar-refractivity contribution in [1.82, 2.24) is 20.3 Å². The van der Waals surface area contributed by atoms with Crippen LogP contribution in [-0.2, 0) is 6.54 Å². The van der Waals surface area contributed by atoms with Crippen LogP contribution in [0.4, 0.5) is 10.6 Å². The second-order valence-electron chi connectivity index (χ2n) is 5.95. The third kappa shape index (κ3) is 3.21. The van der Waals surface area contributed by atoms with E-state index in [9.17, 15) is 4.79 Å². The predicted octanol–water partition coefficient (Wildman–Crippen LogP) is 2.67. The summed E-state index contributed by atoms with van der Waals surface area (Å²) in [5.74, 6) is 0.978. The van der Waals surface area contributed by atoms with Crippen LogP contribution >= 0.6 is 0 Å². The molecule has 0 radical (unpaired) electrons. The Morgan fingerprint density at radius 3 is 2.76 bits per heavy atom. The number of pyridine rings is 3. The normalized spacial score (nSPS) is 13.5. The average Bonchev–Trinajstić information content (AvgIpc) is 2.58. The van der Waals surface area contributed by atoms with Gasteiger partial charge in [0.25, 0.3) is 0 Å². The summed E-state index contributed by atoms with van der Waals surface area (Å²) in [6, 6.07) is 11.7. The quantitative estimate of drug-likeness (QED) is 0.762. The SMILES string of the molecule is O=C(O)NCc1cc2nc(-c3cccc(N4CCC4)n3)ccc2cn1. The standard InChI is InChI=1S/C18H17N5O2/c24-18(25)20-11-13-9-16-12(10-19-13)5-6-15(21-16)14-3-1-4-17(22-14)23-7-2-8-23/h1,3-6,9-10,20H,2,7-8,11H2,(H,24,25). The first-order valence-corrected chi connectivity index (χ1v) is 8.14. The second kappa shape index (κ2) is 6.35. The number of fused-ring (bicyclic) bond motifs is 1. The molecule has 0 saturated carbocycles. The van der Waals surface area contributed by atoms with Gasteiger partial charge in [-0.2, -0.15) is 0 Å². The van der Waals surface area contributed by atoms with Gasteiger partial charge >= 0.3 is 6.09 Å². The molecule has 0 unspecified atom stereocenters. The summed E-state index contributed by atoms with van der Waals surface area (Å²) in [7, 11) is 0. The lowest BCUT2D eigenvalue weighted by molar-refractivity contribution is 0.194. The lowest BCUT2D eigenvalue weighted by atomic mass is 10.1. The zero-order chi connectivity index (χ0) is 17.2. The molecular formula is C18H17N5O2. The summed E-state index contributed by atoms with van der Waals surface area (Å²) >= 11 is 0. The first kappa shape index (κ1) is 15.3. The molecule has 1 aliphatic rings. The molecule has 0 aromatic carbocycles. The van der Waals surface area contributed by atoms with Crippen molar-refractivity contribution < 1.29 is 9.90 Å². The highest BCUT2D eigenvalue weighted by Gasteiger charge is 2.16. The third-order valence-corrected chi connectivity index (χ3v) is 4.23. The van der Waals surface area contributed by atoms with E-state index in [4.69, 9.17) is 10.1 Å². The Morgan fingerprint density at radius 1 is 1.16 bits per heavy atom. The van der Waals surface area contributed by atoms with Gasteiger partial charge in [-0.25, -0.2) is 14.8 Å². The second-order valence-corrected chi connectivity index (χ2v) is 5.95. The largest absolute Gasteiger partial charge is 0.465 e. The van der Waals surface area contributed by atoms with E-state index in [0.29, 0.717) is 5.69 Å². The number of carboxylic acid groups (broad SMARTS) is 1. The molecule has 1 saturated heterocycles. The lowest BCUT2D eigenvalue weighted by Gasteiger charge is -2.32. The van der Waals surface area contributed by atoms with Crippen molar-refractivity contribution in [3.63, 3.8) is 0 Å². The number of rotatable bonds is 4. The number of aromatic nitrogens is 3. The number of hydrogen-bond acceptors (Lipinski definition) is 5. The molecular weight excluding hydrogens is 318 g/mol. The van der Waals surface area contributed by atoms with Crippen LogP contribution in [0.5, 0.6) is 0 Å². The minimum atomic E-state index is -1.07. The van der Waals surface area contributed by atoms with Gasteiger partial charge in [0, 0.05) is 24.7 Å². The maximum absolute atomic E-state index is 10.6. The summed E-state index contributed by atoms with van der Waals surface area (Å²) in [5.41, 5.74) is 3.01.